The zero-order chi connectivity index (χ0) is 18.6. The molecule has 1 aliphatic rings. The summed E-state index contributed by atoms with van der Waals surface area (Å²) in [4.78, 5) is 24.5. The number of carbonyl (C=O) groups excluding carboxylic acids is 2. The van der Waals surface area contributed by atoms with Crippen molar-refractivity contribution in [2.75, 3.05) is 19.3 Å². The number of nitrogens with one attached hydrogen (secondary N) is 1. The Labute approximate surface area is 149 Å². The Kier molecular flexibility index (Phi) is 6.35. The summed E-state index contributed by atoms with van der Waals surface area (Å²) in [6, 6.07) is 5.52. The summed E-state index contributed by atoms with van der Waals surface area (Å²) in [5.41, 5.74) is 2.59. The second kappa shape index (κ2) is 8.10. The van der Waals surface area contributed by atoms with Crippen LogP contribution in [0.3, 0.4) is 0 Å². The van der Waals surface area contributed by atoms with Gasteiger partial charge >= 0.3 is 0 Å². The zero-order valence-corrected chi connectivity index (χ0v) is 15.9. The number of rotatable bonds is 6. The van der Waals surface area contributed by atoms with Crippen molar-refractivity contribution in [2.45, 2.75) is 45.6 Å². The molecule has 7 heteroatoms. The van der Waals surface area contributed by atoms with Gasteiger partial charge in [0.1, 0.15) is 0 Å². The van der Waals surface area contributed by atoms with E-state index in [1.807, 2.05) is 32.0 Å². The monoisotopic (exact) mass is 366 g/mol. The van der Waals surface area contributed by atoms with Gasteiger partial charge in [-0.15, -0.1) is 0 Å². The van der Waals surface area contributed by atoms with Gasteiger partial charge in [-0.05, 0) is 38.3 Å². The lowest BCUT2D eigenvalue weighted by atomic mass is 9.99. The molecule has 0 aliphatic carbocycles. The highest BCUT2D eigenvalue weighted by atomic mass is 32.2. The Bertz CT molecular complexity index is 758. The SMILES string of the molecule is Cc1ccc(C)c(C(=O)CCC(=O)NC2CCCN(S(C)(=O)=O)C2)c1. The van der Waals surface area contributed by atoms with Crippen molar-refractivity contribution < 1.29 is 18.0 Å². The first kappa shape index (κ1) is 19.6. The van der Waals surface area contributed by atoms with E-state index < -0.39 is 10.0 Å². The summed E-state index contributed by atoms with van der Waals surface area (Å²) >= 11 is 0. The molecule has 1 saturated heterocycles. The third-order valence-electron chi connectivity index (χ3n) is 4.49. The summed E-state index contributed by atoms with van der Waals surface area (Å²) < 4.78 is 24.6. The number of amides is 1. The molecule has 0 bridgehead atoms. The molecule has 2 rings (SSSR count). The van der Waals surface area contributed by atoms with E-state index in [2.05, 4.69) is 5.32 Å². The number of hydrogen-bond donors (Lipinski definition) is 1. The van der Waals surface area contributed by atoms with E-state index in [4.69, 9.17) is 0 Å². The first-order valence-corrected chi connectivity index (χ1v) is 10.4. The average Bonchev–Trinajstić information content (AvgIpc) is 2.54. The van der Waals surface area contributed by atoms with Crippen LogP contribution in [0.1, 0.15) is 47.2 Å². The molecule has 25 heavy (non-hydrogen) atoms. The van der Waals surface area contributed by atoms with Crippen molar-refractivity contribution in [3.8, 4) is 0 Å². The van der Waals surface area contributed by atoms with Gasteiger partial charge in [0.15, 0.2) is 5.78 Å². The highest BCUT2D eigenvalue weighted by molar-refractivity contribution is 7.88. The van der Waals surface area contributed by atoms with Crippen LogP contribution in [-0.4, -0.2) is 49.8 Å². The van der Waals surface area contributed by atoms with Crippen molar-refractivity contribution in [2.24, 2.45) is 0 Å². The van der Waals surface area contributed by atoms with Crippen LogP contribution in [0.25, 0.3) is 0 Å². The van der Waals surface area contributed by atoms with E-state index in [0.29, 0.717) is 18.7 Å². The van der Waals surface area contributed by atoms with Crippen molar-refractivity contribution in [1.29, 1.82) is 0 Å². The maximum atomic E-state index is 12.3. The number of nitrogens with zero attached hydrogens (tertiary/aromatic N) is 1. The molecule has 1 aromatic rings. The number of hydrogen-bond acceptors (Lipinski definition) is 4. The fourth-order valence-corrected chi connectivity index (χ4v) is 3.97. The Morgan fingerprint density at radius 3 is 2.64 bits per heavy atom. The topological polar surface area (TPSA) is 83.6 Å². The van der Waals surface area contributed by atoms with E-state index in [-0.39, 0.29) is 30.6 Å². The second-order valence-corrected chi connectivity index (χ2v) is 8.75. The molecular weight excluding hydrogens is 340 g/mol. The van der Waals surface area contributed by atoms with Crippen molar-refractivity contribution in [3.05, 3.63) is 34.9 Å². The summed E-state index contributed by atoms with van der Waals surface area (Å²) in [5, 5.41) is 2.86. The van der Waals surface area contributed by atoms with Crippen LogP contribution in [0.5, 0.6) is 0 Å². The van der Waals surface area contributed by atoms with Gasteiger partial charge in [-0.3, -0.25) is 9.59 Å². The molecule has 1 amide bonds. The van der Waals surface area contributed by atoms with Gasteiger partial charge in [-0.25, -0.2) is 12.7 Å². The molecule has 0 saturated carbocycles. The predicted octanol–water partition coefficient (Wildman–Crippen LogP) is 1.81. The van der Waals surface area contributed by atoms with Gasteiger partial charge in [0, 0.05) is 37.5 Å². The van der Waals surface area contributed by atoms with Crippen LogP contribution >= 0.6 is 0 Å². The summed E-state index contributed by atoms with van der Waals surface area (Å²) in [5.74, 6) is -0.253. The molecule has 1 fully saturated rings. The van der Waals surface area contributed by atoms with Gasteiger partial charge in [-0.1, -0.05) is 17.7 Å². The molecule has 0 radical (unpaired) electrons. The minimum atomic E-state index is -3.24. The molecule has 6 nitrogen and oxygen atoms in total. The lowest BCUT2D eigenvalue weighted by Gasteiger charge is -2.31. The van der Waals surface area contributed by atoms with E-state index in [9.17, 15) is 18.0 Å². The second-order valence-electron chi connectivity index (χ2n) is 6.77. The number of Topliss-reactive ketones (excluding diaryl/α,β-unsaturated/α-hetero) is 1. The summed E-state index contributed by atoms with van der Waals surface area (Å²) in [7, 11) is -3.24. The number of carbonyl (C=O) groups is 2. The highest BCUT2D eigenvalue weighted by Crippen LogP contribution is 2.15. The highest BCUT2D eigenvalue weighted by Gasteiger charge is 2.26. The van der Waals surface area contributed by atoms with E-state index in [0.717, 1.165) is 24.0 Å². The molecule has 1 heterocycles. The molecule has 138 valence electrons. The largest absolute Gasteiger partial charge is 0.352 e. The van der Waals surface area contributed by atoms with E-state index >= 15 is 0 Å². The zero-order valence-electron chi connectivity index (χ0n) is 15.0. The lowest BCUT2D eigenvalue weighted by molar-refractivity contribution is -0.122. The maximum absolute atomic E-state index is 12.3. The van der Waals surface area contributed by atoms with Gasteiger partial charge < -0.3 is 5.32 Å². The van der Waals surface area contributed by atoms with Gasteiger partial charge in [0.05, 0.1) is 6.26 Å². The molecular formula is C18H26N2O4S. The molecule has 1 aliphatic heterocycles. The first-order chi connectivity index (χ1) is 11.7. The third-order valence-corrected chi connectivity index (χ3v) is 5.76. The Hall–Kier alpha value is -1.73. The van der Waals surface area contributed by atoms with Crippen LogP contribution in [-0.2, 0) is 14.8 Å². The lowest BCUT2D eigenvalue weighted by Crippen LogP contribution is -2.49. The minimum absolute atomic E-state index is 0.0437. The van der Waals surface area contributed by atoms with Crippen LogP contribution in [0.4, 0.5) is 0 Å². The first-order valence-electron chi connectivity index (χ1n) is 8.52. The Morgan fingerprint density at radius 1 is 1.24 bits per heavy atom. The average molecular weight is 366 g/mol. The number of sulfonamides is 1. The van der Waals surface area contributed by atoms with Crippen molar-refractivity contribution in [1.82, 2.24) is 9.62 Å². The van der Waals surface area contributed by atoms with Crippen LogP contribution in [0.15, 0.2) is 18.2 Å². The predicted molar refractivity (Wildman–Crippen MR) is 97.1 cm³/mol. The van der Waals surface area contributed by atoms with Crippen molar-refractivity contribution in [3.63, 3.8) is 0 Å². The maximum Gasteiger partial charge on any atom is 0.220 e. The fraction of sp³-hybridized carbons (Fsp3) is 0.556. The number of piperidine rings is 1. The normalized spacial score (nSPS) is 18.8. The molecule has 0 aromatic heterocycles. The fourth-order valence-electron chi connectivity index (χ4n) is 3.06. The molecule has 1 atom stereocenters. The standard InChI is InChI=1S/C18H26N2O4S/c1-13-6-7-14(2)16(11-13)17(21)8-9-18(22)19-15-5-4-10-20(12-15)25(3,23)24/h6-7,11,15H,4-5,8-10,12H2,1-3H3,(H,19,22). The molecule has 1 unspecified atom stereocenters. The minimum Gasteiger partial charge on any atom is -0.352 e. The number of aryl methyl sites for hydroxylation is 2. The third kappa shape index (κ3) is 5.64. The van der Waals surface area contributed by atoms with Crippen LogP contribution in [0, 0.1) is 13.8 Å². The van der Waals surface area contributed by atoms with Crippen LogP contribution < -0.4 is 5.32 Å². The van der Waals surface area contributed by atoms with Crippen molar-refractivity contribution >= 4 is 21.7 Å². The van der Waals surface area contributed by atoms with E-state index in [1.54, 1.807) is 0 Å². The number of benzene rings is 1. The smallest absolute Gasteiger partial charge is 0.220 e. The Balaban J connectivity index is 1.86. The molecule has 0 spiro atoms. The van der Waals surface area contributed by atoms with E-state index in [1.165, 1.54) is 10.6 Å². The number of ketones is 1. The summed E-state index contributed by atoms with van der Waals surface area (Å²) in [6.07, 6.45) is 2.92. The molecule has 1 aromatic carbocycles. The van der Waals surface area contributed by atoms with Gasteiger partial charge in [0.25, 0.3) is 0 Å². The molecule has 1 N–H and O–H groups in total. The summed E-state index contributed by atoms with van der Waals surface area (Å²) in [6.45, 7) is 4.61. The quantitative estimate of drug-likeness (QED) is 0.778. The Morgan fingerprint density at radius 2 is 1.96 bits per heavy atom. The van der Waals surface area contributed by atoms with Gasteiger partial charge in [-0.2, -0.15) is 0 Å². The van der Waals surface area contributed by atoms with Gasteiger partial charge in [0.2, 0.25) is 15.9 Å². The van der Waals surface area contributed by atoms with Crippen LogP contribution in [0.2, 0.25) is 0 Å².